The molecule has 0 saturated heterocycles. The van der Waals surface area contributed by atoms with Crippen molar-refractivity contribution in [1.29, 1.82) is 0 Å². The van der Waals surface area contributed by atoms with Gasteiger partial charge in [-0.15, -0.1) is 0 Å². The van der Waals surface area contributed by atoms with Crippen LogP contribution in [0.15, 0.2) is 0 Å². The second kappa shape index (κ2) is 39.6. The Morgan fingerprint density at radius 1 is 0.160 bits per heavy atom. The molecule has 0 aliphatic heterocycles. The zero-order valence-corrected chi connectivity index (χ0v) is 38.7. The zero-order chi connectivity index (χ0) is 36.7. The van der Waals surface area contributed by atoms with Crippen LogP contribution in [-0.2, 0) is 0 Å². The van der Waals surface area contributed by atoms with E-state index in [-0.39, 0.29) is 0 Å². The van der Waals surface area contributed by atoms with E-state index >= 15 is 0 Å². The van der Waals surface area contributed by atoms with E-state index in [0.29, 0.717) is 0 Å². The maximum absolute atomic E-state index is 2.42. The van der Waals surface area contributed by atoms with Crippen molar-refractivity contribution in [2.75, 3.05) is 49.3 Å². The first kappa shape index (κ1) is 50.9. The van der Waals surface area contributed by atoms with Crippen LogP contribution in [0.3, 0.4) is 0 Å². The quantitative estimate of drug-likeness (QED) is 0.0431. The number of hydrogen-bond donors (Lipinski definition) is 0. The molecule has 0 nitrogen and oxygen atoms in total. The van der Waals surface area contributed by atoms with Crippen molar-refractivity contribution in [2.45, 2.75) is 260 Å². The molecule has 0 fully saturated rings. The molecule has 0 aliphatic carbocycles. The molecule has 0 heterocycles. The van der Waals surface area contributed by atoms with Gasteiger partial charge in [0.05, 0.1) is 0 Å². The third kappa shape index (κ3) is 31.2. The normalized spacial score (nSPS) is 13.0. The Balaban J connectivity index is 4.68. The van der Waals surface area contributed by atoms with Gasteiger partial charge in [0.25, 0.3) is 0 Å². The van der Waals surface area contributed by atoms with Crippen LogP contribution in [-0.4, -0.2) is 49.3 Å². The van der Waals surface area contributed by atoms with E-state index in [1.54, 1.807) is 81.4 Å². The maximum atomic E-state index is 2.42. The summed E-state index contributed by atoms with van der Waals surface area (Å²) in [6.45, 7) is 14.3. The van der Waals surface area contributed by atoms with E-state index in [1.807, 2.05) is 0 Å². The summed E-state index contributed by atoms with van der Waals surface area (Å²) in [6.07, 6.45) is 64.2. The summed E-state index contributed by atoms with van der Waals surface area (Å²) in [5.41, 5.74) is 0. The predicted octanol–water partition coefficient (Wildman–Crippen LogP) is 17.9. The van der Waals surface area contributed by atoms with Crippen molar-refractivity contribution in [3.05, 3.63) is 0 Å². The molecule has 50 heavy (non-hydrogen) atoms. The molecule has 0 bridgehead atoms. The fourth-order valence-electron chi connectivity index (χ4n) is 9.41. The Kier molecular flexibility index (Phi) is 40.2. The van der Waals surface area contributed by atoms with Gasteiger partial charge in [0.1, 0.15) is 0 Å². The molecule has 0 spiro atoms. The average molecular weight is 743 g/mol. The van der Waals surface area contributed by atoms with Crippen molar-refractivity contribution >= 4 is 14.5 Å². The second-order valence-corrected chi connectivity index (χ2v) is 27.9. The first-order valence-electron chi connectivity index (χ1n) is 24.6. The van der Waals surface area contributed by atoms with Gasteiger partial charge < -0.3 is 0 Å². The first-order valence-corrected chi connectivity index (χ1v) is 30.2. The topological polar surface area (TPSA) is 0 Å². The molecule has 0 aromatic rings. The molecule has 0 aromatic carbocycles. The van der Waals surface area contributed by atoms with Crippen molar-refractivity contribution in [3.63, 3.8) is 0 Å². The van der Waals surface area contributed by atoms with Crippen LogP contribution in [0.2, 0.25) is 0 Å². The van der Waals surface area contributed by atoms with E-state index in [0.717, 1.165) is 0 Å². The van der Waals surface area contributed by atoms with Gasteiger partial charge in [0.15, 0.2) is 0 Å². The summed E-state index contributed by atoms with van der Waals surface area (Å²) in [7, 11) is -2.14. The number of unbranched alkanes of at least 4 members (excludes halogenated alkanes) is 27. The Bertz CT molecular complexity index is 567. The number of rotatable bonds is 43. The Morgan fingerprint density at radius 2 is 0.300 bits per heavy atom. The molecule has 0 N–H and O–H groups in total. The molecule has 0 atom stereocenters. The SMILES string of the molecule is CCCCCCCC[PH](CCCCCCCC)(CCCCCCCC)CCCCCCCCCCCC[PH](CCCC)(CCCC)CCCC. The summed E-state index contributed by atoms with van der Waals surface area (Å²) in [4.78, 5) is 0. The molecule has 306 valence electrons. The predicted molar refractivity (Wildman–Crippen MR) is 247 cm³/mol. The second-order valence-electron chi connectivity index (χ2n) is 17.9. The van der Waals surface area contributed by atoms with Gasteiger partial charge in [0, 0.05) is 0 Å². The summed E-state index contributed by atoms with van der Waals surface area (Å²) in [6, 6.07) is 0. The molecule has 0 saturated carbocycles. The molecule has 0 radical (unpaired) electrons. The van der Waals surface area contributed by atoms with Crippen molar-refractivity contribution in [2.24, 2.45) is 0 Å². The minimum atomic E-state index is -1.13. The van der Waals surface area contributed by atoms with Crippen molar-refractivity contribution in [1.82, 2.24) is 0 Å². The van der Waals surface area contributed by atoms with Gasteiger partial charge in [-0.2, -0.15) is 0 Å². The minimum absolute atomic E-state index is 1.01. The average Bonchev–Trinajstić information content (AvgIpc) is 3.13. The van der Waals surface area contributed by atoms with E-state index in [4.69, 9.17) is 0 Å². The zero-order valence-electron chi connectivity index (χ0n) is 36.7. The van der Waals surface area contributed by atoms with Crippen LogP contribution in [0.5, 0.6) is 0 Å². The molecular weight excluding hydrogens is 638 g/mol. The van der Waals surface area contributed by atoms with E-state index in [9.17, 15) is 0 Å². The standard InChI is InChI=1S/C48H104P2/c1-7-13-19-22-31-36-45-50(46-37-32-23-20-14-8-2,47-38-33-24-21-15-9-3)48-40-35-30-28-26-25-27-29-34-39-44-49(41-16-10-4,42-17-11-5)43-18-12-6/h49-50H,7-48H2,1-6H3. The Labute approximate surface area is 322 Å². The van der Waals surface area contributed by atoms with Crippen LogP contribution in [0.4, 0.5) is 0 Å². The van der Waals surface area contributed by atoms with Gasteiger partial charge in [-0.05, 0) is 0 Å². The van der Waals surface area contributed by atoms with E-state index < -0.39 is 14.5 Å². The summed E-state index contributed by atoms with van der Waals surface area (Å²) in [5, 5.41) is 0. The number of hydrogen-bond acceptors (Lipinski definition) is 0. The Hall–Kier alpha value is 0.860. The third-order valence-corrected chi connectivity index (χ3v) is 24.3. The van der Waals surface area contributed by atoms with Crippen LogP contribution in [0.1, 0.15) is 260 Å². The van der Waals surface area contributed by atoms with Crippen LogP contribution in [0, 0.1) is 0 Å². The van der Waals surface area contributed by atoms with Crippen LogP contribution in [0.25, 0.3) is 0 Å². The third-order valence-electron chi connectivity index (χ3n) is 13.0. The molecule has 0 rings (SSSR count). The fourth-order valence-corrected chi connectivity index (χ4v) is 20.7. The molecular formula is C48H104P2. The van der Waals surface area contributed by atoms with Gasteiger partial charge >= 0.3 is 324 Å². The monoisotopic (exact) mass is 743 g/mol. The van der Waals surface area contributed by atoms with E-state index in [1.165, 1.54) is 186 Å². The molecule has 0 aliphatic rings. The van der Waals surface area contributed by atoms with Gasteiger partial charge in [-0.25, -0.2) is 0 Å². The Morgan fingerprint density at radius 3 is 0.480 bits per heavy atom. The van der Waals surface area contributed by atoms with Crippen LogP contribution < -0.4 is 0 Å². The summed E-state index contributed by atoms with van der Waals surface area (Å²) < 4.78 is 0. The van der Waals surface area contributed by atoms with Crippen molar-refractivity contribution < 1.29 is 0 Å². The fraction of sp³-hybridized carbons (Fsp3) is 1.00. The van der Waals surface area contributed by atoms with Gasteiger partial charge in [-0.3, -0.25) is 0 Å². The summed E-state index contributed by atoms with van der Waals surface area (Å²) >= 11 is 0. The molecule has 0 unspecified atom stereocenters. The molecule has 2 heteroatoms. The van der Waals surface area contributed by atoms with Gasteiger partial charge in [0.2, 0.25) is 0 Å². The van der Waals surface area contributed by atoms with Gasteiger partial charge in [-0.1, -0.05) is 0 Å². The van der Waals surface area contributed by atoms with Crippen LogP contribution >= 0.6 is 14.5 Å². The van der Waals surface area contributed by atoms with Crippen molar-refractivity contribution in [3.8, 4) is 0 Å². The van der Waals surface area contributed by atoms with E-state index in [2.05, 4.69) is 41.5 Å². The summed E-state index contributed by atoms with van der Waals surface area (Å²) in [5.74, 6) is 0. The molecule has 0 amide bonds. The first-order chi connectivity index (χ1) is 24.6. The molecule has 0 aromatic heterocycles.